The number of nitrogens with one attached hydrogen (secondary N) is 2. The van der Waals surface area contributed by atoms with E-state index in [1.54, 1.807) is 11.7 Å². The van der Waals surface area contributed by atoms with E-state index in [0.29, 0.717) is 23.5 Å². The maximum absolute atomic E-state index is 13.5. The van der Waals surface area contributed by atoms with Crippen molar-refractivity contribution in [1.82, 2.24) is 25.3 Å². The van der Waals surface area contributed by atoms with E-state index in [4.69, 9.17) is 5.73 Å². The monoisotopic (exact) mass is 542 g/mol. The highest BCUT2D eigenvalue weighted by molar-refractivity contribution is 7.11. The highest BCUT2D eigenvalue weighted by Crippen LogP contribution is 2.26. The van der Waals surface area contributed by atoms with E-state index in [2.05, 4.69) is 49.5 Å². The summed E-state index contributed by atoms with van der Waals surface area (Å²) < 4.78 is 13.5. The number of pyridine rings is 1. The van der Waals surface area contributed by atoms with E-state index in [9.17, 15) is 14.0 Å². The van der Waals surface area contributed by atoms with E-state index in [1.807, 2.05) is 18.2 Å². The topological polar surface area (TPSA) is 127 Å². The third-order valence-electron chi connectivity index (χ3n) is 6.53. The molecule has 0 aliphatic rings. The van der Waals surface area contributed by atoms with Crippen molar-refractivity contribution in [2.75, 3.05) is 5.73 Å². The molecule has 0 bridgehead atoms. The largest absolute Gasteiger partial charge is 0.383 e. The van der Waals surface area contributed by atoms with Crippen LogP contribution in [-0.2, 0) is 0 Å². The SMILES string of the molecule is Nc1ncc(F)cc1C(=O)CCCCC[C@H](NC(=O)c1cncs1)c1ncc(-c2ccc3ccccc3c2)[nH]1. The van der Waals surface area contributed by atoms with Crippen molar-refractivity contribution in [1.29, 1.82) is 0 Å². The van der Waals surface area contributed by atoms with E-state index in [1.165, 1.54) is 17.5 Å². The fraction of sp³-hybridized carbons (Fsp3) is 0.207. The van der Waals surface area contributed by atoms with Crippen LogP contribution in [0.25, 0.3) is 22.0 Å². The molecule has 8 nitrogen and oxygen atoms in total. The van der Waals surface area contributed by atoms with Gasteiger partial charge in [0.1, 0.15) is 22.3 Å². The Morgan fingerprint density at radius 1 is 1.00 bits per heavy atom. The minimum atomic E-state index is -0.589. The highest BCUT2D eigenvalue weighted by Gasteiger charge is 2.20. The van der Waals surface area contributed by atoms with Gasteiger partial charge in [0.15, 0.2) is 5.78 Å². The molecule has 0 fully saturated rings. The molecule has 0 saturated heterocycles. The molecule has 0 spiro atoms. The first-order valence-corrected chi connectivity index (χ1v) is 13.5. The molecule has 1 atom stereocenters. The Bertz CT molecular complexity index is 1600. The van der Waals surface area contributed by atoms with Gasteiger partial charge in [-0.25, -0.2) is 14.4 Å². The number of hydrogen-bond acceptors (Lipinski definition) is 7. The highest BCUT2D eigenvalue weighted by atomic mass is 32.1. The van der Waals surface area contributed by atoms with Crippen molar-refractivity contribution < 1.29 is 14.0 Å². The number of imidazole rings is 1. The number of aromatic nitrogens is 4. The first kappa shape index (κ1) is 26.2. The molecule has 39 heavy (non-hydrogen) atoms. The van der Waals surface area contributed by atoms with Gasteiger partial charge in [0, 0.05) is 12.0 Å². The zero-order valence-corrected chi connectivity index (χ0v) is 21.9. The average Bonchev–Trinajstić information content (AvgIpc) is 3.66. The third kappa shape index (κ3) is 6.35. The lowest BCUT2D eigenvalue weighted by Crippen LogP contribution is -2.28. The van der Waals surface area contributed by atoms with Crippen LogP contribution in [0.15, 0.2) is 72.6 Å². The standard InChI is InChI=1S/C29H27FN6O2S/c30-21-13-22(27(31)33-14-21)25(37)9-3-1-2-8-23(36-29(38)26-16-32-17-39-26)28-34-15-24(35-28)20-11-10-18-6-4-5-7-19(18)12-20/h4-7,10-17,23H,1-3,8-9H2,(H2,31,33)(H,34,35)(H,36,38)/t23-/m0/s1. The number of Topliss-reactive ketones (excluding diaryl/α,β-unsaturated/α-hetero) is 1. The summed E-state index contributed by atoms with van der Waals surface area (Å²) >= 11 is 1.27. The Labute approximate surface area is 228 Å². The molecule has 3 aromatic heterocycles. The number of halogens is 1. The molecule has 3 heterocycles. The van der Waals surface area contributed by atoms with Crippen LogP contribution >= 0.6 is 11.3 Å². The molecule has 5 aromatic rings. The van der Waals surface area contributed by atoms with Crippen LogP contribution in [0, 0.1) is 5.82 Å². The van der Waals surface area contributed by atoms with E-state index >= 15 is 0 Å². The van der Waals surface area contributed by atoms with Crippen molar-refractivity contribution in [3.63, 3.8) is 0 Å². The second-order valence-corrected chi connectivity index (χ2v) is 10.1. The number of carbonyl (C=O) groups is 2. The van der Waals surface area contributed by atoms with Crippen LogP contribution in [0.4, 0.5) is 10.2 Å². The summed E-state index contributed by atoms with van der Waals surface area (Å²) in [6.45, 7) is 0. The lowest BCUT2D eigenvalue weighted by Gasteiger charge is -2.16. The van der Waals surface area contributed by atoms with Crippen LogP contribution < -0.4 is 11.1 Å². The zero-order chi connectivity index (χ0) is 27.2. The van der Waals surface area contributed by atoms with Crippen molar-refractivity contribution in [3.8, 4) is 11.3 Å². The molecule has 198 valence electrons. The minimum absolute atomic E-state index is 0.0345. The fourth-order valence-corrected chi connectivity index (χ4v) is 4.99. The molecule has 5 rings (SSSR count). The number of thiazole rings is 1. The number of anilines is 1. The van der Waals surface area contributed by atoms with Gasteiger partial charge in [0.25, 0.3) is 5.91 Å². The van der Waals surface area contributed by atoms with Crippen molar-refractivity contribution in [2.24, 2.45) is 0 Å². The number of ketones is 1. The normalized spacial score (nSPS) is 11.9. The molecule has 1 amide bonds. The maximum atomic E-state index is 13.5. The van der Waals surface area contributed by atoms with Gasteiger partial charge in [0.05, 0.1) is 41.4 Å². The molecule has 0 aliphatic carbocycles. The molecule has 0 aliphatic heterocycles. The number of aromatic amines is 1. The van der Waals surface area contributed by atoms with Crippen LogP contribution in [0.2, 0.25) is 0 Å². The lowest BCUT2D eigenvalue weighted by molar-refractivity contribution is 0.0935. The Balaban J connectivity index is 1.25. The van der Waals surface area contributed by atoms with Crippen molar-refractivity contribution in [3.05, 3.63) is 94.7 Å². The molecular weight excluding hydrogens is 515 g/mol. The molecule has 10 heteroatoms. The number of benzene rings is 2. The van der Waals surface area contributed by atoms with Gasteiger partial charge >= 0.3 is 0 Å². The van der Waals surface area contributed by atoms with Crippen LogP contribution in [0.1, 0.15) is 64.0 Å². The number of unbranched alkanes of at least 4 members (excludes halogenated alkanes) is 2. The maximum Gasteiger partial charge on any atom is 0.263 e. The summed E-state index contributed by atoms with van der Waals surface area (Å²) in [6.07, 6.45) is 7.24. The second-order valence-electron chi connectivity index (χ2n) is 9.24. The van der Waals surface area contributed by atoms with Gasteiger partial charge in [-0.15, -0.1) is 11.3 Å². The van der Waals surface area contributed by atoms with Crippen molar-refractivity contribution in [2.45, 2.75) is 38.1 Å². The lowest BCUT2D eigenvalue weighted by atomic mass is 10.0. The third-order valence-corrected chi connectivity index (χ3v) is 7.30. The molecule has 0 unspecified atom stereocenters. The molecule has 2 aromatic carbocycles. The summed E-state index contributed by atoms with van der Waals surface area (Å²) in [5, 5.41) is 5.36. The summed E-state index contributed by atoms with van der Waals surface area (Å²) in [7, 11) is 0. The molecule has 4 N–H and O–H groups in total. The Morgan fingerprint density at radius 2 is 1.85 bits per heavy atom. The summed E-state index contributed by atoms with van der Waals surface area (Å²) in [4.78, 5) is 41.5. The Hall–Kier alpha value is -4.44. The van der Waals surface area contributed by atoms with E-state index < -0.39 is 5.82 Å². The predicted octanol–water partition coefficient (Wildman–Crippen LogP) is 6.11. The van der Waals surface area contributed by atoms with Gasteiger partial charge in [-0.1, -0.05) is 49.2 Å². The summed E-state index contributed by atoms with van der Waals surface area (Å²) in [5.41, 5.74) is 9.33. The van der Waals surface area contributed by atoms with E-state index in [-0.39, 0.29) is 35.5 Å². The molecule has 0 radical (unpaired) electrons. The smallest absolute Gasteiger partial charge is 0.263 e. The number of H-pyrrole nitrogens is 1. The van der Waals surface area contributed by atoms with Crippen molar-refractivity contribution >= 4 is 39.6 Å². The summed E-state index contributed by atoms with van der Waals surface area (Å²) in [5.74, 6) is -0.345. The fourth-order valence-electron chi connectivity index (χ4n) is 4.47. The van der Waals surface area contributed by atoms with Crippen LogP contribution in [-0.4, -0.2) is 31.6 Å². The van der Waals surface area contributed by atoms with Gasteiger partial charge < -0.3 is 16.0 Å². The van der Waals surface area contributed by atoms with Gasteiger partial charge in [0.2, 0.25) is 0 Å². The average molecular weight is 543 g/mol. The first-order chi connectivity index (χ1) is 19.0. The number of nitrogen functional groups attached to an aromatic ring is 1. The van der Waals surface area contributed by atoms with Crippen LogP contribution in [0.3, 0.4) is 0 Å². The minimum Gasteiger partial charge on any atom is -0.383 e. The second kappa shape index (κ2) is 12.0. The Morgan fingerprint density at radius 3 is 2.67 bits per heavy atom. The summed E-state index contributed by atoms with van der Waals surface area (Å²) in [6, 6.07) is 15.1. The van der Waals surface area contributed by atoms with E-state index in [0.717, 1.165) is 47.1 Å². The molecule has 0 saturated carbocycles. The first-order valence-electron chi connectivity index (χ1n) is 12.7. The quantitative estimate of drug-likeness (QED) is 0.137. The number of nitrogens with two attached hydrogens (primary N) is 1. The molecular formula is C29H27FN6O2S. The van der Waals surface area contributed by atoms with Gasteiger partial charge in [-0.3, -0.25) is 14.6 Å². The number of rotatable bonds is 11. The number of carbonyl (C=O) groups excluding carboxylic acids is 2. The van der Waals surface area contributed by atoms with Crippen LogP contribution in [0.5, 0.6) is 0 Å². The van der Waals surface area contributed by atoms with Gasteiger partial charge in [-0.05, 0) is 35.7 Å². The Kier molecular flexibility index (Phi) is 8.02. The predicted molar refractivity (Wildman–Crippen MR) is 150 cm³/mol. The number of amides is 1. The van der Waals surface area contributed by atoms with Gasteiger partial charge in [-0.2, -0.15) is 0 Å². The number of hydrogen-bond donors (Lipinski definition) is 3. The zero-order valence-electron chi connectivity index (χ0n) is 21.1. The number of fused-ring (bicyclic) bond motifs is 1. The number of nitrogens with zero attached hydrogens (tertiary/aromatic N) is 3.